The van der Waals surface area contributed by atoms with Crippen molar-refractivity contribution in [1.29, 1.82) is 0 Å². The molecule has 5 aromatic carbocycles. The Hall–Kier alpha value is -4.49. The van der Waals surface area contributed by atoms with Crippen LogP contribution in [0.4, 0.5) is 0 Å². The van der Waals surface area contributed by atoms with Crippen molar-refractivity contribution in [3.63, 3.8) is 0 Å². The average Bonchev–Trinajstić information content (AvgIpc) is 2.96. The maximum absolute atomic E-state index is 4.32. The van der Waals surface area contributed by atoms with Gasteiger partial charge in [-0.05, 0) is 78.7 Å². The van der Waals surface area contributed by atoms with Gasteiger partial charge in [-0.15, -0.1) is 0 Å². The van der Waals surface area contributed by atoms with Crippen LogP contribution in [0.2, 0.25) is 0 Å². The third-order valence-electron chi connectivity index (χ3n) is 7.91. The van der Waals surface area contributed by atoms with Gasteiger partial charge in [0, 0.05) is 17.8 Å². The molecule has 6 aromatic rings. The van der Waals surface area contributed by atoms with E-state index in [1.54, 1.807) is 0 Å². The lowest BCUT2D eigenvalue weighted by atomic mass is 9.71. The number of hydrogen-bond donors (Lipinski definition) is 0. The Kier molecular flexibility index (Phi) is 5.04. The Morgan fingerprint density at radius 2 is 1.32 bits per heavy atom. The molecule has 1 heteroatoms. The lowest BCUT2D eigenvalue weighted by Gasteiger charge is -2.32. The Morgan fingerprint density at radius 3 is 1.97 bits per heavy atom. The molecule has 1 atom stereocenters. The highest BCUT2D eigenvalue weighted by Gasteiger charge is 2.30. The topological polar surface area (TPSA) is 12.9 Å². The zero-order chi connectivity index (χ0) is 24.8. The molecule has 0 saturated heterocycles. The monoisotopic (exact) mass is 473 g/mol. The number of pyridine rings is 1. The van der Waals surface area contributed by atoms with E-state index in [4.69, 9.17) is 0 Å². The van der Waals surface area contributed by atoms with Gasteiger partial charge in [-0.2, -0.15) is 0 Å². The largest absolute Gasteiger partial charge is 0.264 e. The van der Waals surface area contributed by atoms with Gasteiger partial charge in [0.1, 0.15) is 0 Å². The van der Waals surface area contributed by atoms with E-state index in [1.807, 2.05) is 18.5 Å². The Balaban J connectivity index is 1.47. The SMILES string of the molecule is CC1(c2c3ccccc3c(-c3ccc4ccccc4c3)c3ccccc23)C=CC(c2cccnc2)=CC1. The first-order valence-electron chi connectivity index (χ1n) is 12.9. The van der Waals surface area contributed by atoms with Crippen molar-refractivity contribution < 1.29 is 0 Å². The predicted molar refractivity (Wildman–Crippen MR) is 158 cm³/mol. The summed E-state index contributed by atoms with van der Waals surface area (Å²) in [5.74, 6) is 0. The van der Waals surface area contributed by atoms with Crippen molar-refractivity contribution in [2.45, 2.75) is 18.8 Å². The predicted octanol–water partition coefficient (Wildman–Crippen LogP) is 9.51. The third kappa shape index (κ3) is 3.58. The average molecular weight is 474 g/mol. The fraction of sp³-hybridized carbons (Fsp3) is 0.0833. The Morgan fingerprint density at radius 1 is 0.649 bits per heavy atom. The molecule has 0 radical (unpaired) electrons. The molecular formula is C36H27N. The molecule has 1 nitrogen and oxygen atoms in total. The first-order valence-corrected chi connectivity index (χ1v) is 12.9. The summed E-state index contributed by atoms with van der Waals surface area (Å²) in [6.07, 6.45) is 11.8. The fourth-order valence-electron chi connectivity index (χ4n) is 6.06. The van der Waals surface area contributed by atoms with Crippen molar-refractivity contribution in [3.05, 3.63) is 145 Å². The zero-order valence-corrected chi connectivity index (χ0v) is 20.9. The van der Waals surface area contributed by atoms with Crippen LogP contribution in [0.25, 0.3) is 49.0 Å². The van der Waals surface area contributed by atoms with E-state index in [2.05, 4.69) is 127 Å². The summed E-state index contributed by atoms with van der Waals surface area (Å²) >= 11 is 0. The minimum absolute atomic E-state index is 0.118. The van der Waals surface area contributed by atoms with Crippen LogP contribution >= 0.6 is 0 Å². The summed E-state index contributed by atoms with van der Waals surface area (Å²) < 4.78 is 0. The van der Waals surface area contributed by atoms with E-state index in [0.717, 1.165) is 6.42 Å². The highest BCUT2D eigenvalue weighted by molar-refractivity contribution is 6.16. The molecule has 0 bridgehead atoms. The number of fused-ring (bicyclic) bond motifs is 3. The van der Waals surface area contributed by atoms with Crippen molar-refractivity contribution >= 4 is 37.9 Å². The summed E-state index contributed by atoms with van der Waals surface area (Å²) in [6, 6.07) is 37.5. The minimum atomic E-state index is -0.118. The second-order valence-corrected chi connectivity index (χ2v) is 10.3. The second kappa shape index (κ2) is 8.57. The summed E-state index contributed by atoms with van der Waals surface area (Å²) in [5.41, 5.74) is 6.28. The number of aromatic nitrogens is 1. The number of hydrogen-bond acceptors (Lipinski definition) is 1. The van der Waals surface area contributed by atoms with E-state index in [-0.39, 0.29) is 5.41 Å². The highest BCUT2D eigenvalue weighted by atomic mass is 14.6. The molecule has 7 rings (SSSR count). The van der Waals surface area contributed by atoms with Gasteiger partial charge in [0.05, 0.1) is 0 Å². The lowest BCUT2D eigenvalue weighted by molar-refractivity contribution is 0.612. The first-order chi connectivity index (χ1) is 18.2. The Labute approximate surface area is 217 Å². The maximum Gasteiger partial charge on any atom is 0.0346 e. The van der Waals surface area contributed by atoms with Gasteiger partial charge in [0.15, 0.2) is 0 Å². The quantitative estimate of drug-likeness (QED) is 0.233. The molecule has 1 aliphatic carbocycles. The summed E-state index contributed by atoms with van der Waals surface area (Å²) in [7, 11) is 0. The van der Waals surface area contributed by atoms with E-state index >= 15 is 0 Å². The third-order valence-corrected chi connectivity index (χ3v) is 7.91. The van der Waals surface area contributed by atoms with Crippen LogP contribution in [0.5, 0.6) is 0 Å². The van der Waals surface area contributed by atoms with Gasteiger partial charge in [0.2, 0.25) is 0 Å². The van der Waals surface area contributed by atoms with Gasteiger partial charge in [-0.1, -0.05) is 116 Å². The summed E-state index contributed by atoms with van der Waals surface area (Å²) in [6.45, 7) is 2.38. The number of allylic oxidation sites excluding steroid dienone is 4. The van der Waals surface area contributed by atoms with E-state index < -0.39 is 0 Å². The standard InChI is InChI=1S/C36H27N/c1-36(20-18-26(19-21-36)29-11-8-22-37-24-29)35-32-14-6-4-12-30(32)34(31-13-5-7-15-33(31)35)28-17-16-25-9-2-3-10-27(25)23-28/h2-20,22-24H,21H2,1H3. The maximum atomic E-state index is 4.32. The van der Waals surface area contributed by atoms with Crippen LogP contribution in [0, 0.1) is 0 Å². The van der Waals surface area contributed by atoms with Crippen LogP contribution in [0.15, 0.2) is 134 Å². The molecule has 0 N–H and O–H groups in total. The van der Waals surface area contributed by atoms with Gasteiger partial charge in [-0.25, -0.2) is 0 Å². The van der Waals surface area contributed by atoms with Crippen molar-refractivity contribution in [1.82, 2.24) is 4.98 Å². The lowest BCUT2D eigenvalue weighted by Crippen LogP contribution is -2.21. The van der Waals surface area contributed by atoms with Crippen LogP contribution in [0.3, 0.4) is 0 Å². The van der Waals surface area contributed by atoms with Crippen LogP contribution in [-0.2, 0) is 5.41 Å². The van der Waals surface area contributed by atoms with Crippen molar-refractivity contribution in [3.8, 4) is 11.1 Å². The van der Waals surface area contributed by atoms with Crippen LogP contribution in [0.1, 0.15) is 24.5 Å². The summed E-state index contributed by atoms with van der Waals surface area (Å²) in [5, 5.41) is 7.82. The van der Waals surface area contributed by atoms with Gasteiger partial charge in [-0.3, -0.25) is 4.98 Å². The molecule has 1 aromatic heterocycles. The summed E-state index contributed by atoms with van der Waals surface area (Å²) in [4.78, 5) is 4.32. The van der Waals surface area contributed by atoms with Crippen LogP contribution < -0.4 is 0 Å². The van der Waals surface area contributed by atoms with Crippen molar-refractivity contribution in [2.75, 3.05) is 0 Å². The molecule has 0 spiro atoms. The van der Waals surface area contributed by atoms with E-state index in [9.17, 15) is 0 Å². The van der Waals surface area contributed by atoms with E-state index in [1.165, 1.54) is 60.1 Å². The molecule has 1 aliphatic rings. The molecule has 1 heterocycles. The van der Waals surface area contributed by atoms with Gasteiger partial charge >= 0.3 is 0 Å². The normalized spacial score (nSPS) is 17.4. The molecule has 1 unspecified atom stereocenters. The van der Waals surface area contributed by atoms with Gasteiger partial charge in [0.25, 0.3) is 0 Å². The molecule has 0 fully saturated rings. The van der Waals surface area contributed by atoms with Crippen LogP contribution in [-0.4, -0.2) is 4.98 Å². The molecule has 0 amide bonds. The van der Waals surface area contributed by atoms with E-state index in [0.29, 0.717) is 0 Å². The smallest absolute Gasteiger partial charge is 0.0346 e. The van der Waals surface area contributed by atoms with Crippen molar-refractivity contribution in [2.24, 2.45) is 0 Å². The molecule has 0 saturated carbocycles. The Bertz CT molecular complexity index is 1800. The van der Waals surface area contributed by atoms with Gasteiger partial charge < -0.3 is 0 Å². The molecule has 37 heavy (non-hydrogen) atoms. The first kappa shape index (κ1) is 21.8. The molecule has 176 valence electrons. The molecular weight excluding hydrogens is 446 g/mol. The minimum Gasteiger partial charge on any atom is -0.264 e. The second-order valence-electron chi connectivity index (χ2n) is 10.3. The number of nitrogens with zero attached hydrogens (tertiary/aromatic N) is 1. The highest BCUT2D eigenvalue weighted by Crippen LogP contribution is 2.47. The molecule has 0 aliphatic heterocycles. The number of rotatable bonds is 3. The fourth-order valence-corrected chi connectivity index (χ4v) is 6.06. The number of benzene rings is 5. The zero-order valence-electron chi connectivity index (χ0n) is 20.9.